The standard InChI is InChI=1S/C6H5Cl.C2N2O4S/c7-6-4-2-1-3-5-6;5-1-3-9(7,8)4-2-6/h1-5H;. The largest absolute Gasteiger partial charge is 0.383 e. The first kappa shape index (κ1) is 14.2. The van der Waals surface area contributed by atoms with Crippen LogP contribution in [0.5, 0.6) is 0 Å². The minimum atomic E-state index is -4.28. The molecule has 0 saturated heterocycles. The molecular weight excluding hydrogens is 256 g/mol. The van der Waals surface area contributed by atoms with Crippen molar-refractivity contribution >= 4 is 34.0 Å². The maximum Gasteiger partial charge on any atom is 0.383 e. The third-order valence-corrected chi connectivity index (χ3v) is 1.90. The van der Waals surface area contributed by atoms with Gasteiger partial charge in [0, 0.05) is 5.02 Å². The highest BCUT2D eigenvalue weighted by Crippen LogP contribution is 2.03. The second-order valence-electron chi connectivity index (χ2n) is 2.11. The van der Waals surface area contributed by atoms with Crippen molar-refractivity contribution in [1.29, 1.82) is 0 Å². The summed E-state index contributed by atoms with van der Waals surface area (Å²) in [7, 11) is -4.28. The normalized spacial score (nSPS) is 8.81. The number of carbonyl (C=O) groups excluding carboxylic acids is 2. The van der Waals surface area contributed by atoms with Crippen LogP contribution >= 0.6 is 11.6 Å². The summed E-state index contributed by atoms with van der Waals surface area (Å²) in [5.41, 5.74) is 0. The number of rotatable bonds is 2. The van der Waals surface area contributed by atoms with E-state index in [-0.39, 0.29) is 0 Å². The molecule has 84 valence electrons. The fraction of sp³-hybridized carbons (Fsp3) is 0. The van der Waals surface area contributed by atoms with E-state index in [2.05, 4.69) is 8.80 Å². The van der Waals surface area contributed by atoms with Gasteiger partial charge < -0.3 is 0 Å². The van der Waals surface area contributed by atoms with Crippen LogP contribution in [0.15, 0.2) is 39.1 Å². The van der Waals surface area contributed by atoms with Crippen LogP contribution in [-0.2, 0) is 19.8 Å². The van der Waals surface area contributed by atoms with Gasteiger partial charge >= 0.3 is 10.2 Å². The van der Waals surface area contributed by atoms with Crippen molar-refractivity contribution < 1.29 is 18.0 Å². The molecule has 0 fully saturated rings. The first-order valence-electron chi connectivity index (χ1n) is 3.65. The minimum Gasteiger partial charge on any atom is -0.210 e. The first-order chi connectivity index (χ1) is 7.52. The van der Waals surface area contributed by atoms with E-state index in [0.717, 1.165) is 5.02 Å². The molecule has 6 nitrogen and oxygen atoms in total. The number of isocyanates is 2. The summed E-state index contributed by atoms with van der Waals surface area (Å²) in [4.78, 5) is 18.5. The molecule has 1 aromatic carbocycles. The maximum atomic E-state index is 9.97. The lowest BCUT2D eigenvalue weighted by molar-refractivity contribution is 0.561. The molecule has 0 spiro atoms. The fourth-order valence-electron chi connectivity index (χ4n) is 0.529. The van der Waals surface area contributed by atoms with Crippen molar-refractivity contribution in [2.24, 2.45) is 8.80 Å². The second-order valence-corrected chi connectivity index (χ2v) is 3.81. The van der Waals surface area contributed by atoms with Crippen LogP contribution in [0.2, 0.25) is 5.02 Å². The summed E-state index contributed by atoms with van der Waals surface area (Å²) in [5.74, 6) is 0. The number of nitrogens with zero attached hydrogens (tertiary/aromatic N) is 2. The third-order valence-electron chi connectivity index (χ3n) is 1.04. The topological polar surface area (TPSA) is 93.0 Å². The quantitative estimate of drug-likeness (QED) is 0.591. The second kappa shape index (κ2) is 7.50. The number of hydrogen-bond donors (Lipinski definition) is 0. The molecule has 0 saturated carbocycles. The Morgan fingerprint density at radius 1 is 1.00 bits per heavy atom. The van der Waals surface area contributed by atoms with Gasteiger partial charge in [0.25, 0.3) is 12.2 Å². The van der Waals surface area contributed by atoms with Crippen molar-refractivity contribution in [1.82, 2.24) is 0 Å². The maximum absolute atomic E-state index is 9.97. The van der Waals surface area contributed by atoms with Crippen molar-refractivity contribution in [2.75, 3.05) is 0 Å². The van der Waals surface area contributed by atoms with Crippen LogP contribution in [0.4, 0.5) is 0 Å². The Bertz CT molecular complexity index is 492. The van der Waals surface area contributed by atoms with Gasteiger partial charge in [0.1, 0.15) is 0 Å². The molecule has 0 atom stereocenters. The van der Waals surface area contributed by atoms with Crippen molar-refractivity contribution in [3.05, 3.63) is 35.4 Å². The van der Waals surface area contributed by atoms with Crippen LogP contribution < -0.4 is 0 Å². The Labute approximate surface area is 96.5 Å². The van der Waals surface area contributed by atoms with Gasteiger partial charge in [-0.05, 0) is 12.1 Å². The van der Waals surface area contributed by atoms with Gasteiger partial charge in [0.2, 0.25) is 0 Å². The van der Waals surface area contributed by atoms with E-state index in [1.165, 1.54) is 0 Å². The molecule has 0 N–H and O–H groups in total. The lowest BCUT2D eigenvalue weighted by atomic mass is 10.4. The zero-order valence-electron chi connectivity index (χ0n) is 7.70. The van der Waals surface area contributed by atoms with Gasteiger partial charge in [0.05, 0.1) is 0 Å². The highest BCUT2D eigenvalue weighted by molar-refractivity contribution is 7.89. The smallest absolute Gasteiger partial charge is 0.210 e. The predicted molar refractivity (Wildman–Crippen MR) is 56.6 cm³/mol. The molecular formula is C8H5ClN2O4S. The Balaban J connectivity index is 0.000000288. The Kier molecular flexibility index (Phi) is 6.67. The van der Waals surface area contributed by atoms with E-state index in [4.69, 9.17) is 11.6 Å². The summed E-state index contributed by atoms with van der Waals surface area (Å²) >= 11 is 5.54. The lowest BCUT2D eigenvalue weighted by Gasteiger charge is -1.80. The third kappa shape index (κ3) is 7.61. The van der Waals surface area contributed by atoms with Gasteiger partial charge in [-0.3, -0.25) is 0 Å². The van der Waals surface area contributed by atoms with Gasteiger partial charge in [-0.2, -0.15) is 8.42 Å². The minimum absolute atomic E-state index is 0.707. The van der Waals surface area contributed by atoms with Crippen LogP contribution in [0.3, 0.4) is 0 Å². The van der Waals surface area contributed by atoms with Gasteiger partial charge in [-0.15, -0.1) is 0 Å². The molecule has 1 rings (SSSR count). The summed E-state index contributed by atoms with van der Waals surface area (Å²) in [6.07, 6.45) is 1.41. The molecule has 0 aromatic heterocycles. The monoisotopic (exact) mass is 260 g/mol. The molecule has 1 aromatic rings. The zero-order valence-corrected chi connectivity index (χ0v) is 9.27. The molecule has 8 heteroatoms. The molecule has 0 amide bonds. The Hall–Kier alpha value is -1.78. The average Bonchev–Trinajstić information content (AvgIpc) is 2.19. The highest BCUT2D eigenvalue weighted by atomic mass is 35.5. The number of benzene rings is 1. The summed E-state index contributed by atoms with van der Waals surface area (Å²) in [6.45, 7) is 0. The zero-order chi connectivity index (χ0) is 12.4. The van der Waals surface area contributed by atoms with Crippen molar-refractivity contribution in [3.8, 4) is 0 Å². The number of halogens is 1. The summed E-state index contributed by atoms with van der Waals surface area (Å²) in [5, 5.41) is 0.794. The van der Waals surface area contributed by atoms with E-state index in [0.29, 0.717) is 12.2 Å². The van der Waals surface area contributed by atoms with Crippen molar-refractivity contribution in [3.63, 3.8) is 0 Å². The van der Waals surface area contributed by atoms with E-state index < -0.39 is 10.2 Å². The van der Waals surface area contributed by atoms with Crippen LogP contribution in [0.1, 0.15) is 0 Å². The highest BCUT2D eigenvalue weighted by Gasteiger charge is 2.00. The van der Waals surface area contributed by atoms with E-state index >= 15 is 0 Å². The number of hydrogen-bond acceptors (Lipinski definition) is 4. The summed E-state index contributed by atoms with van der Waals surface area (Å²) < 4.78 is 24.3. The molecule has 0 aliphatic heterocycles. The van der Waals surface area contributed by atoms with Gasteiger partial charge in [-0.25, -0.2) is 9.59 Å². The Morgan fingerprint density at radius 3 is 1.69 bits per heavy atom. The molecule has 0 unspecified atom stereocenters. The SMILES string of the molecule is Clc1ccccc1.O=C=NS(=O)(=O)N=C=O. The molecule has 0 heterocycles. The van der Waals surface area contributed by atoms with Crippen LogP contribution in [0, 0.1) is 0 Å². The van der Waals surface area contributed by atoms with Gasteiger partial charge in [-0.1, -0.05) is 38.6 Å². The van der Waals surface area contributed by atoms with E-state index in [9.17, 15) is 18.0 Å². The van der Waals surface area contributed by atoms with Crippen molar-refractivity contribution in [2.45, 2.75) is 0 Å². The lowest BCUT2D eigenvalue weighted by Crippen LogP contribution is -1.86. The molecule has 0 aliphatic carbocycles. The van der Waals surface area contributed by atoms with Crippen LogP contribution in [0.25, 0.3) is 0 Å². The molecule has 0 radical (unpaired) electrons. The average molecular weight is 261 g/mol. The van der Waals surface area contributed by atoms with E-state index in [1.54, 1.807) is 0 Å². The Morgan fingerprint density at radius 2 is 1.44 bits per heavy atom. The van der Waals surface area contributed by atoms with Gasteiger partial charge in [0.15, 0.2) is 0 Å². The fourth-order valence-corrected chi connectivity index (χ4v) is 0.904. The molecule has 0 aliphatic rings. The molecule has 0 bridgehead atoms. The molecule has 16 heavy (non-hydrogen) atoms. The van der Waals surface area contributed by atoms with Crippen LogP contribution in [-0.4, -0.2) is 20.6 Å². The predicted octanol–water partition coefficient (Wildman–Crippen LogP) is 1.24. The van der Waals surface area contributed by atoms with E-state index in [1.807, 2.05) is 30.3 Å². The first-order valence-corrected chi connectivity index (χ1v) is 5.43. The summed E-state index contributed by atoms with van der Waals surface area (Å²) in [6, 6.07) is 9.44.